The van der Waals surface area contributed by atoms with Gasteiger partial charge in [-0.1, -0.05) is 35.9 Å². The standard InChI is InChI=1S/C21H18ClF3N4O2/c22-15-8-9-19(28-13-21(24,25)18-7-3-4-10-26-18)29(31)17(15)11-20(30)27-12-14-5-1-2-6-16(14)23/h1-10,31H,11-13H2,(H,27,30)/p+1. The number of halogens is 4. The van der Waals surface area contributed by atoms with E-state index in [1.54, 1.807) is 6.07 Å². The molecular formula is C21H19ClF3N4O2+. The molecule has 3 rings (SSSR count). The van der Waals surface area contributed by atoms with E-state index >= 15 is 0 Å². The Morgan fingerprint density at radius 3 is 2.58 bits per heavy atom. The van der Waals surface area contributed by atoms with E-state index in [0.29, 0.717) is 10.3 Å². The lowest BCUT2D eigenvalue weighted by Crippen LogP contribution is -2.42. The lowest BCUT2D eigenvalue weighted by molar-refractivity contribution is -0.898. The van der Waals surface area contributed by atoms with E-state index in [9.17, 15) is 23.2 Å². The molecule has 31 heavy (non-hydrogen) atoms. The molecule has 0 atom stereocenters. The molecule has 0 fully saturated rings. The minimum absolute atomic E-state index is 0.0150. The monoisotopic (exact) mass is 451 g/mol. The van der Waals surface area contributed by atoms with Crippen LogP contribution in [0, 0.1) is 5.82 Å². The summed E-state index contributed by atoms with van der Waals surface area (Å²) in [6, 6.07) is 12.8. The van der Waals surface area contributed by atoms with Crippen LogP contribution in [-0.2, 0) is 23.7 Å². The van der Waals surface area contributed by atoms with E-state index in [-0.39, 0.29) is 29.5 Å². The van der Waals surface area contributed by atoms with Gasteiger partial charge in [-0.05, 0) is 29.0 Å². The predicted octanol–water partition coefficient (Wildman–Crippen LogP) is 3.46. The Labute approximate surface area is 181 Å². The van der Waals surface area contributed by atoms with Crippen molar-refractivity contribution in [2.45, 2.75) is 18.9 Å². The van der Waals surface area contributed by atoms with Crippen molar-refractivity contribution in [3.63, 3.8) is 0 Å². The highest BCUT2D eigenvalue weighted by atomic mass is 35.5. The number of nitrogens with zero attached hydrogens (tertiary/aromatic N) is 2. The molecule has 2 heterocycles. The minimum Gasteiger partial charge on any atom is -0.352 e. The molecule has 1 amide bonds. The van der Waals surface area contributed by atoms with Crippen molar-refractivity contribution < 1.29 is 27.9 Å². The van der Waals surface area contributed by atoms with Gasteiger partial charge in [0.05, 0.1) is 11.4 Å². The Balaban J connectivity index is 1.67. The third-order valence-corrected chi connectivity index (χ3v) is 4.78. The fourth-order valence-electron chi connectivity index (χ4n) is 2.78. The van der Waals surface area contributed by atoms with E-state index < -0.39 is 29.9 Å². The van der Waals surface area contributed by atoms with Gasteiger partial charge in [0.15, 0.2) is 12.2 Å². The van der Waals surface area contributed by atoms with Gasteiger partial charge in [0, 0.05) is 24.4 Å². The molecule has 0 radical (unpaired) electrons. The summed E-state index contributed by atoms with van der Waals surface area (Å²) in [6.45, 7) is -0.895. The van der Waals surface area contributed by atoms with Gasteiger partial charge in [-0.3, -0.25) is 15.1 Å². The Bertz CT molecular complexity index is 1070. The first-order valence-corrected chi connectivity index (χ1v) is 9.62. The van der Waals surface area contributed by atoms with Crippen molar-refractivity contribution in [1.82, 2.24) is 10.3 Å². The number of hydrogen-bond acceptors (Lipinski definition) is 4. The summed E-state index contributed by atoms with van der Waals surface area (Å²) in [5.41, 5.74) is -0.140. The van der Waals surface area contributed by atoms with Gasteiger partial charge in [-0.2, -0.15) is 8.78 Å². The Morgan fingerprint density at radius 1 is 1.13 bits per heavy atom. The fourth-order valence-corrected chi connectivity index (χ4v) is 2.99. The van der Waals surface area contributed by atoms with E-state index in [0.717, 1.165) is 0 Å². The maximum absolute atomic E-state index is 14.3. The summed E-state index contributed by atoms with van der Waals surface area (Å²) < 4.78 is 42.8. The maximum Gasteiger partial charge on any atom is 0.325 e. The zero-order valence-corrected chi connectivity index (χ0v) is 16.9. The Hall–Kier alpha value is -3.33. The fraction of sp³-hybridized carbons (Fsp3) is 0.190. The van der Waals surface area contributed by atoms with Crippen molar-refractivity contribution in [2.24, 2.45) is 0 Å². The number of aromatic nitrogens is 2. The normalized spacial score (nSPS) is 11.2. The van der Waals surface area contributed by atoms with Crippen LogP contribution in [0.2, 0.25) is 5.02 Å². The van der Waals surface area contributed by atoms with E-state index in [2.05, 4.69) is 15.6 Å². The van der Waals surface area contributed by atoms with Crippen molar-refractivity contribution in [3.05, 3.63) is 88.6 Å². The number of nitrogens with one attached hydrogen (secondary N) is 2. The largest absolute Gasteiger partial charge is 0.352 e. The molecule has 0 unspecified atom stereocenters. The van der Waals surface area contributed by atoms with Crippen molar-refractivity contribution >= 4 is 23.3 Å². The summed E-state index contributed by atoms with van der Waals surface area (Å²) in [7, 11) is 0. The van der Waals surface area contributed by atoms with Gasteiger partial charge < -0.3 is 10.5 Å². The first kappa shape index (κ1) is 22.4. The molecule has 6 nitrogen and oxygen atoms in total. The molecule has 0 saturated carbocycles. The van der Waals surface area contributed by atoms with Gasteiger partial charge in [0.1, 0.15) is 11.5 Å². The molecule has 0 spiro atoms. The topological polar surface area (TPSA) is 78.1 Å². The van der Waals surface area contributed by atoms with Crippen LogP contribution in [0.15, 0.2) is 60.8 Å². The molecule has 162 valence electrons. The first-order chi connectivity index (χ1) is 14.8. The van der Waals surface area contributed by atoms with Crippen LogP contribution in [0.3, 0.4) is 0 Å². The van der Waals surface area contributed by atoms with Crippen molar-refractivity contribution in [3.8, 4) is 0 Å². The number of amides is 1. The third-order valence-electron chi connectivity index (χ3n) is 4.44. The van der Waals surface area contributed by atoms with Crippen LogP contribution in [-0.4, -0.2) is 22.6 Å². The molecule has 0 aliphatic heterocycles. The van der Waals surface area contributed by atoms with Crippen molar-refractivity contribution in [2.75, 3.05) is 11.9 Å². The lowest BCUT2D eigenvalue weighted by atomic mass is 10.2. The van der Waals surface area contributed by atoms with E-state index in [1.807, 2.05) is 0 Å². The summed E-state index contributed by atoms with van der Waals surface area (Å²) >= 11 is 6.07. The second kappa shape index (κ2) is 9.65. The molecule has 10 heteroatoms. The van der Waals surface area contributed by atoms with Gasteiger partial charge in [-0.15, -0.1) is 0 Å². The van der Waals surface area contributed by atoms with Gasteiger partial charge in [-0.25, -0.2) is 4.39 Å². The highest BCUT2D eigenvalue weighted by Gasteiger charge is 2.36. The zero-order chi connectivity index (χ0) is 22.4. The number of anilines is 1. The number of carbonyl (C=O) groups is 1. The molecule has 1 aromatic carbocycles. The highest BCUT2D eigenvalue weighted by molar-refractivity contribution is 6.31. The van der Waals surface area contributed by atoms with Gasteiger partial charge >= 0.3 is 11.7 Å². The van der Waals surface area contributed by atoms with Crippen LogP contribution in [0.5, 0.6) is 0 Å². The molecule has 0 aliphatic rings. The second-order valence-corrected chi connectivity index (χ2v) is 7.05. The van der Waals surface area contributed by atoms with Crippen LogP contribution in [0.4, 0.5) is 19.0 Å². The molecule has 0 saturated heterocycles. The van der Waals surface area contributed by atoms with E-state index in [1.165, 1.54) is 54.7 Å². The zero-order valence-electron chi connectivity index (χ0n) is 16.2. The molecular weight excluding hydrogens is 433 g/mol. The molecule has 0 bridgehead atoms. The molecule has 3 aromatic rings. The average molecular weight is 452 g/mol. The molecule has 0 aliphatic carbocycles. The van der Waals surface area contributed by atoms with Crippen LogP contribution in [0.25, 0.3) is 0 Å². The van der Waals surface area contributed by atoms with Crippen LogP contribution >= 0.6 is 11.6 Å². The quantitative estimate of drug-likeness (QED) is 0.362. The van der Waals surface area contributed by atoms with Crippen molar-refractivity contribution in [1.29, 1.82) is 0 Å². The SMILES string of the molecule is O=C(Cc1c(Cl)ccc(NCC(F)(F)c2ccccn2)[n+]1O)NCc1ccccc1F. The smallest absolute Gasteiger partial charge is 0.325 e. The summed E-state index contributed by atoms with van der Waals surface area (Å²) in [4.78, 5) is 15.9. The second-order valence-electron chi connectivity index (χ2n) is 6.64. The number of alkyl halides is 2. The number of rotatable bonds is 8. The Kier molecular flexibility index (Phi) is 6.96. The highest BCUT2D eigenvalue weighted by Crippen LogP contribution is 2.26. The maximum atomic E-state index is 14.3. The number of pyridine rings is 2. The predicted molar refractivity (Wildman–Crippen MR) is 107 cm³/mol. The van der Waals surface area contributed by atoms with Crippen LogP contribution in [0.1, 0.15) is 17.0 Å². The number of benzene rings is 1. The minimum atomic E-state index is -3.30. The summed E-state index contributed by atoms with van der Waals surface area (Å²) in [5, 5.41) is 15.4. The number of hydrogen-bond donors (Lipinski definition) is 3. The van der Waals surface area contributed by atoms with Gasteiger partial charge in [0.25, 0.3) is 0 Å². The number of carbonyl (C=O) groups excluding carboxylic acids is 1. The Morgan fingerprint density at radius 2 is 1.87 bits per heavy atom. The molecule has 2 aromatic heterocycles. The summed E-state index contributed by atoms with van der Waals surface area (Å²) in [5.74, 6) is -4.38. The third kappa shape index (κ3) is 5.64. The van der Waals surface area contributed by atoms with Gasteiger partial charge in [0.2, 0.25) is 5.91 Å². The summed E-state index contributed by atoms with van der Waals surface area (Å²) in [6.07, 6.45) is 0.908. The first-order valence-electron chi connectivity index (χ1n) is 9.24. The van der Waals surface area contributed by atoms with Crippen LogP contribution < -0.4 is 15.4 Å². The molecule has 3 N–H and O–H groups in total. The van der Waals surface area contributed by atoms with E-state index in [4.69, 9.17) is 11.6 Å². The lowest BCUT2D eigenvalue weighted by Gasteiger charge is -2.14. The average Bonchev–Trinajstić information content (AvgIpc) is 2.76.